The van der Waals surface area contributed by atoms with E-state index in [-0.39, 0.29) is 5.75 Å². The molecule has 5 rings (SSSR count). The molecule has 3 nitrogen and oxygen atoms in total. The molecule has 0 heterocycles. The quantitative estimate of drug-likeness (QED) is 0.782. The van der Waals surface area contributed by atoms with Crippen molar-refractivity contribution in [2.24, 2.45) is 23.2 Å². The Morgan fingerprint density at radius 3 is 2.32 bits per heavy atom. The van der Waals surface area contributed by atoms with Gasteiger partial charge in [0.2, 0.25) is 0 Å². The van der Waals surface area contributed by atoms with Crippen LogP contribution >= 0.6 is 0 Å². The lowest BCUT2D eigenvalue weighted by molar-refractivity contribution is -0.0521. The van der Waals surface area contributed by atoms with Crippen LogP contribution in [0.1, 0.15) is 50.2 Å². The molecular weight excluding hydrogens is 274 g/mol. The van der Waals surface area contributed by atoms with Crippen LogP contribution in [0, 0.1) is 23.2 Å². The third-order valence-corrected chi connectivity index (χ3v) is 6.26. The van der Waals surface area contributed by atoms with Crippen LogP contribution in [0.3, 0.4) is 0 Å². The Hall–Kier alpha value is -1.06. The molecular formula is C19H27NO2. The molecule has 4 aliphatic carbocycles. The van der Waals surface area contributed by atoms with Crippen LogP contribution in [0.4, 0.5) is 0 Å². The number of phenols is 1. The minimum absolute atomic E-state index is 0.220. The molecule has 1 aromatic rings. The van der Waals surface area contributed by atoms with Crippen molar-refractivity contribution >= 4 is 0 Å². The summed E-state index contributed by atoms with van der Waals surface area (Å²) in [4.78, 5) is 0. The highest BCUT2D eigenvalue weighted by Crippen LogP contribution is 2.59. The van der Waals surface area contributed by atoms with Crippen LogP contribution in [0.25, 0.3) is 0 Å². The van der Waals surface area contributed by atoms with E-state index in [2.05, 4.69) is 5.32 Å². The fraction of sp³-hybridized carbons (Fsp3) is 0.684. The van der Waals surface area contributed by atoms with E-state index in [1.165, 1.54) is 38.5 Å². The van der Waals surface area contributed by atoms with Crippen molar-refractivity contribution in [1.82, 2.24) is 5.32 Å². The number of hydrogen-bond acceptors (Lipinski definition) is 3. The molecule has 120 valence electrons. The fourth-order valence-corrected chi connectivity index (χ4v) is 5.83. The number of aliphatic hydroxyl groups excluding tert-OH is 1. The number of aliphatic hydroxyl groups is 1. The molecule has 0 amide bonds. The molecule has 4 saturated carbocycles. The van der Waals surface area contributed by atoms with Gasteiger partial charge in [0.05, 0.1) is 6.10 Å². The van der Waals surface area contributed by atoms with Gasteiger partial charge < -0.3 is 15.5 Å². The number of phenolic OH excluding ortho intramolecular Hbond substituents is 1. The minimum Gasteiger partial charge on any atom is -0.508 e. The molecule has 0 aromatic heterocycles. The minimum atomic E-state index is -0.541. The van der Waals surface area contributed by atoms with Gasteiger partial charge in [0.25, 0.3) is 0 Å². The maximum atomic E-state index is 10.3. The van der Waals surface area contributed by atoms with Gasteiger partial charge in [-0.3, -0.25) is 0 Å². The highest BCUT2D eigenvalue weighted by atomic mass is 16.3. The van der Waals surface area contributed by atoms with E-state index in [0.717, 1.165) is 29.9 Å². The SMILES string of the molecule is Oc1cccc(C(O)CNCC23CC4CC(CC(C4)C2)C3)c1. The topological polar surface area (TPSA) is 52.5 Å². The highest BCUT2D eigenvalue weighted by Gasteiger charge is 2.50. The van der Waals surface area contributed by atoms with Crippen molar-refractivity contribution in [3.8, 4) is 5.75 Å². The summed E-state index contributed by atoms with van der Waals surface area (Å²) in [6.45, 7) is 1.62. The molecule has 4 aliphatic rings. The van der Waals surface area contributed by atoms with Gasteiger partial charge in [-0.15, -0.1) is 0 Å². The summed E-state index contributed by atoms with van der Waals surface area (Å²) in [6, 6.07) is 6.94. The van der Waals surface area contributed by atoms with Crippen LogP contribution < -0.4 is 5.32 Å². The second kappa shape index (κ2) is 5.54. The number of rotatable bonds is 5. The molecule has 1 unspecified atom stereocenters. The van der Waals surface area contributed by atoms with Gasteiger partial charge in [-0.25, -0.2) is 0 Å². The van der Waals surface area contributed by atoms with Crippen molar-refractivity contribution in [2.75, 3.05) is 13.1 Å². The fourth-order valence-electron chi connectivity index (χ4n) is 5.83. The second-order valence-electron chi connectivity index (χ2n) is 8.16. The van der Waals surface area contributed by atoms with Gasteiger partial charge in [0, 0.05) is 13.1 Å². The predicted octanol–water partition coefficient (Wildman–Crippen LogP) is 3.23. The lowest BCUT2D eigenvalue weighted by Crippen LogP contribution is -2.50. The standard InChI is InChI=1S/C19H27NO2/c21-17-3-1-2-16(7-17)18(22)11-20-12-19-8-13-4-14(9-19)6-15(5-13)10-19/h1-3,7,13-15,18,20-22H,4-6,8-12H2. The van der Waals surface area contributed by atoms with Crippen LogP contribution in [-0.4, -0.2) is 23.3 Å². The zero-order valence-corrected chi connectivity index (χ0v) is 13.2. The molecule has 3 heteroatoms. The third-order valence-electron chi connectivity index (χ3n) is 6.26. The zero-order chi connectivity index (χ0) is 15.2. The summed E-state index contributed by atoms with van der Waals surface area (Å²) in [5, 5.41) is 23.3. The Kier molecular flexibility index (Phi) is 3.66. The smallest absolute Gasteiger partial charge is 0.115 e. The Labute approximate surface area is 132 Å². The lowest BCUT2D eigenvalue weighted by Gasteiger charge is -2.57. The van der Waals surface area contributed by atoms with E-state index in [1.54, 1.807) is 18.2 Å². The molecule has 4 fully saturated rings. The summed E-state index contributed by atoms with van der Waals surface area (Å²) >= 11 is 0. The van der Waals surface area contributed by atoms with Crippen molar-refractivity contribution < 1.29 is 10.2 Å². The van der Waals surface area contributed by atoms with Crippen molar-refractivity contribution in [3.63, 3.8) is 0 Å². The molecule has 4 bridgehead atoms. The van der Waals surface area contributed by atoms with Crippen LogP contribution in [-0.2, 0) is 0 Å². The first-order valence-corrected chi connectivity index (χ1v) is 8.80. The Morgan fingerprint density at radius 1 is 1.09 bits per heavy atom. The van der Waals surface area contributed by atoms with E-state index in [9.17, 15) is 10.2 Å². The first-order valence-electron chi connectivity index (χ1n) is 8.80. The Morgan fingerprint density at radius 2 is 1.73 bits per heavy atom. The maximum Gasteiger partial charge on any atom is 0.115 e. The van der Waals surface area contributed by atoms with E-state index < -0.39 is 6.10 Å². The van der Waals surface area contributed by atoms with E-state index in [4.69, 9.17) is 0 Å². The van der Waals surface area contributed by atoms with Crippen molar-refractivity contribution in [1.29, 1.82) is 0 Å². The maximum absolute atomic E-state index is 10.3. The molecule has 1 aromatic carbocycles. The Balaban J connectivity index is 1.33. The predicted molar refractivity (Wildman–Crippen MR) is 86.5 cm³/mol. The summed E-state index contributed by atoms with van der Waals surface area (Å²) in [7, 11) is 0. The van der Waals surface area contributed by atoms with Gasteiger partial charge in [-0.2, -0.15) is 0 Å². The highest BCUT2D eigenvalue weighted by molar-refractivity contribution is 5.28. The molecule has 0 spiro atoms. The van der Waals surface area contributed by atoms with E-state index >= 15 is 0 Å². The van der Waals surface area contributed by atoms with Gasteiger partial charge in [-0.05, 0) is 79.4 Å². The lowest BCUT2D eigenvalue weighted by atomic mass is 9.49. The second-order valence-corrected chi connectivity index (χ2v) is 8.16. The van der Waals surface area contributed by atoms with Gasteiger partial charge >= 0.3 is 0 Å². The molecule has 0 aliphatic heterocycles. The van der Waals surface area contributed by atoms with Crippen molar-refractivity contribution in [3.05, 3.63) is 29.8 Å². The van der Waals surface area contributed by atoms with Crippen LogP contribution in [0.2, 0.25) is 0 Å². The summed E-state index contributed by atoms with van der Waals surface area (Å²) in [6.07, 6.45) is 8.08. The molecule has 3 N–H and O–H groups in total. The average Bonchev–Trinajstić information content (AvgIpc) is 2.45. The summed E-state index contributed by atoms with van der Waals surface area (Å²) < 4.78 is 0. The third kappa shape index (κ3) is 2.77. The van der Waals surface area contributed by atoms with E-state index in [1.807, 2.05) is 6.07 Å². The van der Waals surface area contributed by atoms with Crippen LogP contribution in [0.5, 0.6) is 5.75 Å². The normalized spacial score (nSPS) is 37.4. The monoisotopic (exact) mass is 301 g/mol. The average molecular weight is 301 g/mol. The molecule has 22 heavy (non-hydrogen) atoms. The first kappa shape index (κ1) is 14.5. The largest absolute Gasteiger partial charge is 0.508 e. The Bertz CT molecular complexity index is 507. The van der Waals surface area contributed by atoms with E-state index in [0.29, 0.717) is 12.0 Å². The molecule has 1 atom stereocenters. The molecule has 0 saturated heterocycles. The zero-order valence-electron chi connectivity index (χ0n) is 13.2. The number of aromatic hydroxyl groups is 1. The first-order chi connectivity index (χ1) is 10.6. The number of benzene rings is 1. The van der Waals surface area contributed by atoms with Gasteiger partial charge in [0.1, 0.15) is 5.75 Å². The van der Waals surface area contributed by atoms with Crippen LogP contribution in [0.15, 0.2) is 24.3 Å². The summed E-state index contributed by atoms with van der Waals surface area (Å²) in [5.74, 6) is 3.15. The van der Waals surface area contributed by atoms with Crippen molar-refractivity contribution in [2.45, 2.75) is 44.6 Å². The molecule has 0 radical (unpaired) electrons. The van der Waals surface area contributed by atoms with Gasteiger partial charge in [0.15, 0.2) is 0 Å². The van der Waals surface area contributed by atoms with Gasteiger partial charge in [-0.1, -0.05) is 12.1 Å². The number of hydrogen-bond donors (Lipinski definition) is 3. The number of nitrogens with one attached hydrogen (secondary N) is 1. The summed E-state index contributed by atoms with van der Waals surface area (Å²) in [5.41, 5.74) is 1.30.